The summed E-state index contributed by atoms with van der Waals surface area (Å²) in [5, 5.41) is 0. The number of benzene rings is 2. The fourth-order valence-electron chi connectivity index (χ4n) is 2.93. The van der Waals surface area contributed by atoms with Crippen molar-refractivity contribution in [3.8, 4) is 0 Å². The second-order valence-corrected chi connectivity index (χ2v) is 8.56. The van der Waals surface area contributed by atoms with Crippen LogP contribution in [0.15, 0.2) is 48.5 Å². The molecule has 0 aliphatic rings. The van der Waals surface area contributed by atoms with E-state index in [1.165, 1.54) is 31.2 Å². The van der Waals surface area contributed by atoms with Crippen molar-refractivity contribution in [3.05, 3.63) is 65.5 Å². The van der Waals surface area contributed by atoms with Crippen LogP contribution in [0.4, 0.5) is 8.78 Å². The van der Waals surface area contributed by atoms with Crippen molar-refractivity contribution in [2.24, 2.45) is 0 Å². The van der Waals surface area contributed by atoms with Crippen molar-refractivity contribution in [3.63, 3.8) is 0 Å². The predicted molar refractivity (Wildman–Crippen MR) is 99.8 cm³/mol. The first-order valence-electron chi connectivity index (χ1n) is 8.38. The Morgan fingerprint density at radius 1 is 1.18 bits per heavy atom. The van der Waals surface area contributed by atoms with Crippen molar-refractivity contribution in [1.29, 1.82) is 0 Å². The molecule has 1 heterocycles. The number of carbonyl (C=O) groups excluding carboxylic acids is 1. The van der Waals surface area contributed by atoms with Crippen LogP contribution >= 0.6 is 0 Å². The standard InChI is InChI=1S/C19H18F2N2O4S/c1-12(17-22-15-8-3-4-9-16(15)23(17)19(20)21)27-18(24)14-7-5-6-13(10-14)11-28(2,25)26/h3-10,12,19H,11H2,1-2H3. The van der Waals surface area contributed by atoms with Gasteiger partial charge in [-0.05, 0) is 36.8 Å². The van der Waals surface area contributed by atoms with Crippen LogP contribution in [0.3, 0.4) is 0 Å². The molecule has 3 aromatic rings. The smallest absolute Gasteiger partial charge is 0.338 e. The molecular weight excluding hydrogens is 390 g/mol. The molecule has 2 aromatic carbocycles. The molecule has 28 heavy (non-hydrogen) atoms. The van der Waals surface area contributed by atoms with E-state index in [0.717, 1.165) is 10.8 Å². The van der Waals surface area contributed by atoms with Crippen LogP contribution in [0.5, 0.6) is 0 Å². The fourth-order valence-corrected chi connectivity index (χ4v) is 3.71. The first-order valence-corrected chi connectivity index (χ1v) is 10.4. The van der Waals surface area contributed by atoms with Gasteiger partial charge in [-0.2, -0.15) is 8.78 Å². The lowest BCUT2D eigenvalue weighted by molar-refractivity contribution is 0.0233. The second-order valence-electron chi connectivity index (χ2n) is 6.42. The Morgan fingerprint density at radius 2 is 1.89 bits per heavy atom. The molecule has 3 rings (SSSR count). The molecular formula is C19H18F2N2O4S. The highest BCUT2D eigenvalue weighted by Gasteiger charge is 2.24. The fraction of sp³-hybridized carbons (Fsp3) is 0.263. The molecule has 148 valence electrons. The highest BCUT2D eigenvalue weighted by atomic mass is 32.2. The maximum atomic E-state index is 13.5. The van der Waals surface area contributed by atoms with Crippen LogP contribution < -0.4 is 0 Å². The molecule has 1 aromatic heterocycles. The average Bonchev–Trinajstić information content (AvgIpc) is 3.00. The third-order valence-corrected chi connectivity index (χ3v) is 4.91. The number of hydrogen-bond acceptors (Lipinski definition) is 5. The molecule has 0 saturated carbocycles. The molecule has 0 amide bonds. The summed E-state index contributed by atoms with van der Waals surface area (Å²) in [6.07, 6.45) is 0.0574. The topological polar surface area (TPSA) is 78.3 Å². The van der Waals surface area contributed by atoms with Crippen molar-refractivity contribution < 1.29 is 26.7 Å². The summed E-state index contributed by atoms with van der Waals surface area (Å²) in [7, 11) is -3.26. The number of para-hydroxylation sites is 2. The van der Waals surface area contributed by atoms with Gasteiger partial charge in [-0.15, -0.1) is 0 Å². The SMILES string of the molecule is CC(OC(=O)c1cccc(CS(C)(=O)=O)c1)c1nc2ccccc2n1C(F)F. The number of imidazole rings is 1. The largest absolute Gasteiger partial charge is 0.451 e. The van der Waals surface area contributed by atoms with Gasteiger partial charge in [0.25, 0.3) is 0 Å². The quantitative estimate of drug-likeness (QED) is 0.578. The molecule has 6 nitrogen and oxygen atoms in total. The van der Waals surface area contributed by atoms with Gasteiger partial charge in [-0.1, -0.05) is 24.3 Å². The predicted octanol–water partition coefficient (Wildman–Crippen LogP) is 3.89. The Bertz CT molecular complexity index is 1130. The molecule has 0 N–H and O–H groups in total. The summed E-state index contributed by atoms with van der Waals surface area (Å²) >= 11 is 0. The van der Waals surface area contributed by atoms with E-state index in [9.17, 15) is 22.0 Å². The van der Waals surface area contributed by atoms with E-state index in [1.54, 1.807) is 24.3 Å². The van der Waals surface area contributed by atoms with E-state index in [2.05, 4.69) is 4.98 Å². The Balaban J connectivity index is 1.86. The number of hydrogen-bond donors (Lipinski definition) is 0. The summed E-state index contributed by atoms with van der Waals surface area (Å²) in [6, 6.07) is 12.4. The molecule has 0 radical (unpaired) electrons. The number of nitrogens with zero attached hydrogens (tertiary/aromatic N) is 2. The first kappa shape index (κ1) is 19.9. The summed E-state index contributed by atoms with van der Waals surface area (Å²) in [4.78, 5) is 16.6. The molecule has 0 saturated heterocycles. The first-order chi connectivity index (χ1) is 13.2. The van der Waals surface area contributed by atoms with Crippen LogP contribution in [-0.2, 0) is 20.3 Å². The van der Waals surface area contributed by atoms with Crippen molar-refractivity contribution in [2.75, 3.05) is 6.26 Å². The Kier molecular flexibility index (Phi) is 5.46. The average molecular weight is 408 g/mol. The minimum absolute atomic E-state index is 0.0724. The summed E-state index contributed by atoms with van der Waals surface area (Å²) in [6.45, 7) is -1.39. The molecule has 1 unspecified atom stereocenters. The zero-order chi connectivity index (χ0) is 20.5. The molecule has 0 spiro atoms. The number of alkyl halides is 2. The van der Waals surface area contributed by atoms with E-state index in [4.69, 9.17) is 4.74 Å². The zero-order valence-corrected chi connectivity index (χ0v) is 16.0. The highest BCUT2D eigenvalue weighted by Crippen LogP contribution is 2.28. The van der Waals surface area contributed by atoms with E-state index < -0.39 is 28.5 Å². The van der Waals surface area contributed by atoms with Crippen LogP contribution in [0.25, 0.3) is 11.0 Å². The van der Waals surface area contributed by atoms with Crippen molar-refractivity contribution >= 4 is 26.8 Å². The second kappa shape index (κ2) is 7.67. The number of esters is 1. The van der Waals surface area contributed by atoms with Gasteiger partial charge < -0.3 is 4.74 Å². The number of aromatic nitrogens is 2. The van der Waals surface area contributed by atoms with Crippen LogP contribution in [0, 0.1) is 0 Å². The molecule has 0 aliphatic carbocycles. The van der Waals surface area contributed by atoms with E-state index in [0.29, 0.717) is 11.1 Å². The van der Waals surface area contributed by atoms with E-state index in [1.807, 2.05) is 0 Å². The van der Waals surface area contributed by atoms with Crippen LogP contribution in [0.1, 0.15) is 41.3 Å². The van der Waals surface area contributed by atoms with Gasteiger partial charge in [0, 0.05) is 6.26 Å². The van der Waals surface area contributed by atoms with Gasteiger partial charge in [0.15, 0.2) is 21.8 Å². The van der Waals surface area contributed by atoms with Crippen LogP contribution in [-0.4, -0.2) is 30.2 Å². The van der Waals surface area contributed by atoms with Gasteiger partial charge in [-0.25, -0.2) is 18.2 Å². The molecule has 0 aliphatic heterocycles. The number of ether oxygens (including phenoxy) is 1. The molecule has 0 fully saturated rings. The number of sulfone groups is 1. The highest BCUT2D eigenvalue weighted by molar-refractivity contribution is 7.89. The lowest BCUT2D eigenvalue weighted by Crippen LogP contribution is -2.15. The van der Waals surface area contributed by atoms with E-state index >= 15 is 0 Å². The monoisotopic (exact) mass is 408 g/mol. The summed E-state index contributed by atoms with van der Waals surface area (Å²) < 4.78 is 56.0. The van der Waals surface area contributed by atoms with Crippen molar-refractivity contribution in [1.82, 2.24) is 9.55 Å². The molecule has 9 heteroatoms. The maximum Gasteiger partial charge on any atom is 0.338 e. The number of carbonyl (C=O) groups is 1. The number of rotatable bonds is 6. The molecule has 1 atom stereocenters. The number of fused-ring (bicyclic) bond motifs is 1. The van der Waals surface area contributed by atoms with Gasteiger partial charge >= 0.3 is 12.5 Å². The Labute approximate surface area is 160 Å². The summed E-state index contributed by atoms with van der Waals surface area (Å²) in [5.74, 6) is -1.04. The Hall–Kier alpha value is -2.81. The van der Waals surface area contributed by atoms with Gasteiger partial charge in [0.2, 0.25) is 0 Å². The summed E-state index contributed by atoms with van der Waals surface area (Å²) in [5.41, 5.74) is 1.18. The van der Waals surface area contributed by atoms with E-state index in [-0.39, 0.29) is 22.7 Å². The van der Waals surface area contributed by atoms with Gasteiger partial charge in [-0.3, -0.25) is 4.57 Å². The lowest BCUT2D eigenvalue weighted by atomic mass is 10.1. The zero-order valence-electron chi connectivity index (χ0n) is 15.2. The minimum Gasteiger partial charge on any atom is -0.451 e. The van der Waals surface area contributed by atoms with Gasteiger partial charge in [0.05, 0.1) is 22.3 Å². The maximum absolute atomic E-state index is 13.5. The van der Waals surface area contributed by atoms with Crippen molar-refractivity contribution in [2.45, 2.75) is 25.3 Å². The third kappa shape index (κ3) is 4.36. The molecule has 0 bridgehead atoms. The van der Waals surface area contributed by atoms with Crippen LogP contribution in [0.2, 0.25) is 0 Å². The lowest BCUT2D eigenvalue weighted by Gasteiger charge is -2.15. The minimum atomic E-state index is -3.26. The normalized spacial score (nSPS) is 13.0. The third-order valence-electron chi connectivity index (χ3n) is 4.06. The Morgan fingerprint density at radius 3 is 2.57 bits per heavy atom. The van der Waals surface area contributed by atoms with Gasteiger partial charge in [0.1, 0.15) is 0 Å². The number of halogens is 2.